The van der Waals surface area contributed by atoms with Crippen LogP contribution in [0.1, 0.15) is 16.7 Å². The van der Waals surface area contributed by atoms with E-state index in [-0.39, 0.29) is 19.1 Å². The lowest BCUT2D eigenvalue weighted by atomic mass is 10.3. The summed E-state index contributed by atoms with van der Waals surface area (Å²) in [4.78, 5) is 16.4. The average Bonchev–Trinajstić information content (AvgIpc) is 2.91. The molecule has 0 aromatic carbocycles. The van der Waals surface area contributed by atoms with Gasteiger partial charge >= 0.3 is 6.03 Å². The average molecular weight is 346 g/mol. The quantitative estimate of drug-likeness (QED) is 0.779. The molecule has 3 N–H and O–H groups in total. The molecule has 1 unspecified atom stereocenters. The Bertz CT molecular complexity index is 604. The van der Waals surface area contributed by atoms with E-state index in [9.17, 15) is 9.90 Å². The molecule has 0 fully saturated rings. The first-order valence-corrected chi connectivity index (χ1v) is 7.67. The number of rotatable bonds is 5. The lowest BCUT2D eigenvalue weighted by Gasteiger charge is -2.11. The van der Waals surface area contributed by atoms with Crippen LogP contribution < -0.4 is 10.6 Å². The number of pyridine rings is 1. The highest BCUT2D eigenvalue weighted by molar-refractivity contribution is 7.16. The molecule has 112 valence electrons. The summed E-state index contributed by atoms with van der Waals surface area (Å²) in [5, 5.41) is 15.6. The fourth-order valence-electron chi connectivity index (χ4n) is 1.54. The molecule has 0 aliphatic rings. The van der Waals surface area contributed by atoms with E-state index in [1.165, 1.54) is 17.5 Å². The smallest absolute Gasteiger partial charge is 0.315 e. The molecule has 0 bridgehead atoms. The van der Waals surface area contributed by atoms with Crippen molar-refractivity contribution in [2.75, 3.05) is 6.54 Å². The van der Waals surface area contributed by atoms with Gasteiger partial charge in [0.25, 0.3) is 0 Å². The van der Waals surface area contributed by atoms with Crippen LogP contribution >= 0.6 is 34.5 Å². The standard InChI is InChI=1S/C13H13Cl2N3O2S/c14-8-1-2-9(16-5-8)6-17-13(20)18-7-10(19)11-3-4-12(15)21-11/h1-5,10,19H,6-7H2,(H2,17,18,20). The predicted molar refractivity (Wildman–Crippen MR) is 83.8 cm³/mol. The molecule has 2 amide bonds. The zero-order chi connectivity index (χ0) is 15.2. The van der Waals surface area contributed by atoms with Crippen molar-refractivity contribution >= 4 is 40.6 Å². The monoisotopic (exact) mass is 345 g/mol. The Morgan fingerprint density at radius 3 is 2.71 bits per heavy atom. The maximum absolute atomic E-state index is 11.6. The molecule has 2 rings (SSSR count). The summed E-state index contributed by atoms with van der Waals surface area (Å²) in [5.74, 6) is 0. The van der Waals surface area contributed by atoms with Crippen LogP contribution in [0.4, 0.5) is 4.79 Å². The number of amides is 2. The van der Waals surface area contributed by atoms with Crippen LogP contribution in [0.5, 0.6) is 0 Å². The third-order valence-electron chi connectivity index (χ3n) is 2.60. The van der Waals surface area contributed by atoms with E-state index >= 15 is 0 Å². The van der Waals surface area contributed by atoms with Gasteiger partial charge in [-0.15, -0.1) is 11.3 Å². The van der Waals surface area contributed by atoms with Gasteiger partial charge in [-0.25, -0.2) is 4.79 Å². The van der Waals surface area contributed by atoms with Gasteiger partial charge in [-0.3, -0.25) is 4.98 Å². The second-order valence-corrected chi connectivity index (χ2v) is 6.37. The Labute approximate surface area is 135 Å². The van der Waals surface area contributed by atoms with E-state index in [1.807, 2.05) is 0 Å². The largest absolute Gasteiger partial charge is 0.386 e. The molecule has 21 heavy (non-hydrogen) atoms. The topological polar surface area (TPSA) is 74.2 Å². The number of urea groups is 1. The number of hydrogen-bond donors (Lipinski definition) is 3. The Morgan fingerprint density at radius 1 is 1.29 bits per heavy atom. The fourth-order valence-corrected chi connectivity index (χ4v) is 2.70. The van der Waals surface area contributed by atoms with Gasteiger partial charge in [-0.2, -0.15) is 0 Å². The molecule has 2 aromatic heterocycles. The minimum Gasteiger partial charge on any atom is -0.386 e. The van der Waals surface area contributed by atoms with Crippen LogP contribution in [0, 0.1) is 0 Å². The maximum Gasteiger partial charge on any atom is 0.315 e. The van der Waals surface area contributed by atoms with Crippen molar-refractivity contribution < 1.29 is 9.90 Å². The molecule has 2 aromatic rings. The third kappa shape index (κ3) is 5.17. The molecule has 1 atom stereocenters. The molecule has 0 spiro atoms. The number of nitrogens with one attached hydrogen (secondary N) is 2. The number of aromatic nitrogens is 1. The van der Waals surface area contributed by atoms with Crippen molar-refractivity contribution in [1.82, 2.24) is 15.6 Å². The minimum atomic E-state index is -0.776. The van der Waals surface area contributed by atoms with Crippen molar-refractivity contribution in [3.8, 4) is 0 Å². The van der Waals surface area contributed by atoms with Gasteiger partial charge in [0.05, 0.1) is 28.1 Å². The summed E-state index contributed by atoms with van der Waals surface area (Å²) in [7, 11) is 0. The van der Waals surface area contributed by atoms with E-state index in [0.717, 1.165) is 0 Å². The van der Waals surface area contributed by atoms with Crippen LogP contribution in [-0.2, 0) is 6.54 Å². The highest BCUT2D eigenvalue weighted by Gasteiger charge is 2.11. The number of carbonyl (C=O) groups is 1. The highest BCUT2D eigenvalue weighted by atomic mass is 35.5. The second kappa shape index (κ2) is 7.61. The first kappa shape index (κ1) is 16.0. The third-order valence-corrected chi connectivity index (χ3v) is 4.15. The zero-order valence-corrected chi connectivity index (χ0v) is 13.2. The van der Waals surface area contributed by atoms with Gasteiger partial charge in [0.1, 0.15) is 6.10 Å². The van der Waals surface area contributed by atoms with Crippen LogP contribution in [0.25, 0.3) is 0 Å². The normalized spacial score (nSPS) is 12.0. The summed E-state index contributed by atoms with van der Waals surface area (Å²) in [6, 6.07) is 6.48. The molecular formula is C13H13Cl2N3O2S. The number of halogens is 2. The molecule has 0 saturated carbocycles. The SMILES string of the molecule is O=C(NCc1ccc(Cl)cn1)NCC(O)c1ccc(Cl)s1. The summed E-state index contributed by atoms with van der Waals surface area (Å²) < 4.78 is 0.599. The van der Waals surface area contributed by atoms with Gasteiger partial charge in [-0.1, -0.05) is 23.2 Å². The van der Waals surface area contributed by atoms with E-state index < -0.39 is 6.10 Å². The van der Waals surface area contributed by atoms with E-state index in [0.29, 0.717) is 19.9 Å². The summed E-state index contributed by atoms with van der Waals surface area (Å²) in [5.41, 5.74) is 0.695. The molecule has 0 radical (unpaired) electrons. The number of hydrogen-bond acceptors (Lipinski definition) is 4. The Kier molecular flexibility index (Phi) is 5.81. The molecule has 0 saturated heterocycles. The van der Waals surface area contributed by atoms with E-state index in [4.69, 9.17) is 23.2 Å². The molecule has 5 nitrogen and oxygen atoms in total. The Morgan fingerprint density at radius 2 is 2.10 bits per heavy atom. The summed E-state index contributed by atoms with van der Waals surface area (Å²) in [6.07, 6.45) is 0.739. The number of aliphatic hydroxyl groups is 1. The van der Waals surface area contributed by atoms with Crippen LogP contribution in [0.2, 0.25) is 9.36 Å². The Hall–Kier alpha value is -1.34. The molecule has 2 heterocycles. The van der Waals surface area contributed by atoms with Crippen LogP contribution in [0.15, 0.2) is 30.5 Å². The lowest BCUT2D eigenvalue weighted by molar-refractivity contribution is 0.176. The number of nitrogens with zero attached hydrogens (tertiary/aromatic N) is 1. The first-order chi connectivity index (χ1) is 10.0. The van der Waals surface area contributed by atoms with Crippen molar-refractivity contribution in [2.45, 2.75) is 12.6 Å². The number of aliphatic hydroxyl groups excluding tert-OH is 1. The molecule has 0 aliphatic carbocycles. The molecule has 0 aliphatic heterocycles. The van der Waals surface area contributed by atoms with Gasteiger partial charge in [0.15, 0.2) is 0 Å². The summed E-state index contributed by atoms with van der Waals surface area (Å²) >= 11 is 12.8. The number of thiophene rings is 1. The summed E-state index contributed by atoms with van der Waals surface area (Å²) in [6.45, 7) is 0.390. The van der Waals surface area contributed by atoms with Crippen molar-refractivity contribution in [2.24, 2.45) is 0 Å². The van der Waals surface area contributed by atoms with Gasteiger partial charge in [0, 0.05) is 11.1 Å². The van der Waals surface area contributed by atoms with Crippen LogP contribution in [-0.4, -0.2) is 22.7 Å². The van der Waals surface area contributed by atoms with Gasteiger partial charge in [-0.05, 0) is 24.3 Å². The van der Waals surface area contributed by atoms with Crippen molar-refractivity contribution in [3.63, 3.8) is 0 Å². The van der Waals surface area contributed by atoms with Gasteiger partial charge in [0.2, 0.25) is 0 Å². The van der Waals surface area contributed by atoms with Crippen molar-refractivity contribution in [1.29, 1.82) is 0 Å². The van der Waals surface area contributed by atoms with Crippen LogP contribution in [0.3, 0.4) is 0 Å². The lowest BCUT2D eigenvalue weighted by Crippen LogP contribution is -2.37. The van der Waals surface area contributed by atoms with E-state index in [2.05, 4.69) is 15.6 Å². The number of carbonyl (C=O) groups excluding carboxylic acids is 1. The fraction of sp³-hybridized carbons (Fsp3) is 0.231. The minimum absolute atomic E-state index is 0.108. The van der Waals surface area contributed by atoms with Crippen molar-refractivity contribution in [3.05, 3.63) is 50.4 Å². The first-order valence-electron chi connectivity index (χ1n) is 6.10. The maximum atomic E-state index is 11.6. The van der Waals surface area contributed by atoms with Gasteiger partial charge < -0.3 is 15.7 Å². The molecular weight excluding hydrogens is 333 g/mol. The predicted octanol–water partition coefficient (Wildman–Crippen LogP) is 2.98. The Balaban J connectivity index is 1.73. The van der Waals surface area contributed by atoms with E-state index in [1.54, 1.807) is 24.3 Å². The highest BCUT2D eigenvalue weighted by Crippen LogP contribution is 2.26. The molecule has 8 heteroatoms. The zero-order valence-electron chi connectivity index (χ0n) is 10.8. The second-order valence-electron chi connectivity index (χ2n) is 4.19.